The Labute approximate surface area is 84.4 Å². The van der Waals surface area contributed by atoms with Crippen LogP contribution in [0.25, 0.3) is 0 Å². The van der Waals surface area contributed by atoms with Gasteiger partial charge in [0.2, 0.25) is 0 Å². The molecule has 1 aromatic heterocycles. The summed E-state index contributed by atoms with van der Waals surface area (Å²) in [6.07, 6.45) is 1.66. The lowest BCUT2D eigenvalue weighted by molar-refractivity contribution is 0.371. The first-order valence-corrected chi connectivity index (χ1v) is 4.85. The van der Waals surface area contributed by atoms with E-state index >= 15 is 0 Å². The summed E-state index contributed by atoms with van der Waals surface area (Å²) in [5.41, 5.74) is 5.79. The predicted octanol–water partition coefficient (Wildman–Crippen LogP) is 1.44. The number of hydrogen-bond acceptors (Lipinski definition) is 2. The first-order chi connectivity index (χ1) is 6.77. The van der Waals surface area contributed by atoms with E-state index in [1.54, 1.807) is 6.26 Å². The fourth-order valence-corrected chi connectivity index (χ4v) is 1.21. The van der Waals surface area contributed by atoms with Crippen molar-refractivity contribution in [2.24, 2.45) is 10.7 Å². The summed E-state index contributed by atoms with van der Waals surface area (Å²) in [6, 6.07) is 3.80. The zero-order valence-corrected chi connectivity index (χ0v) is 8.73. The smallest absolute Gasteiger partial charge is 0.191 e. The summed E-state index contributed by atoms with van der Waals surface area (Å²) >= 11 is 0. The minimum absolute atomic E-state index is 0.575. The molecule has 1 rings (SSSR count). The van der Waals surface area contributed by atoms with Crippen LogP contribution in [0.4, 0.5) is 0 Å². The van der Waals surface area contributed by atoms with E-state index in [0.29, 0.717) is 19.0 Å². The number of rotatable bonds is 4. The zero-order valence-electron chi connectivity index (χ0n) is 8.73. The first-order valence-electron chi connectivity index (χ1n) is 4.85. The van der Waals surface area contributed by atoms with Crippen molar-refractivity contribution in [3.63, 3.8) is 0 Å². The van der Waals surface area contributed by atoms with Crippen LogP contribution in [-0.4, -0.2) is 23.9 Å². The number of hydrogen-bond donors (Lipinski definition) is 1. The summed E-state index contributed by atoms with van der Waals surface area (Å²) in [4.78, 5) is 6.13. The Kier molecular flexibility index (Phi) is 4.04. The van der Waals surface area contributed by atoms with Gasteiger partial charge in [-0.05, 0) is 26.0 Å². The molecule has 1 aromatic rings. The molecular weight excluding hydrogens is 178 g/mol. The van der Waals surface area contributed by atoms with Crippen LogP contribution in [0.3, 0.4) is 0 Å². The molecule has 14 heavy (non-hydrogen) atoms. The van der Waals surface area contributed by atoms with Gasteiger partial charge in [-0.2, -0.15) is 0 Å². The number of guanidine groups is 1. The van der Waals surface area contributed by atoms with Gasteiger partial charge in [0.1, 0.15) is 5.76 Å². The molecule has 0 saturated heterocycles. The van der Waals surface area contributed by atoms with Gasteiger partial charge in [0.15, 0.2) is 5.96 Å². The molecule has 0 spiro atoms. The SMILES string of the molecule is CCN=C(N)N(CC)Cc1ccco1. The van der Waals surface area contributed by atoms with Gasteiger partial charge >= 0.3 is 0 Å². The van der Waals surface area contributed by atoms with E-state index in [4.69, 9.17) is 10.2 Å². The van der Waals surface area contributed by atoms with Crippen molar-refractivity contribution in [2.75, 3.05) is 13.1 Å². The molecule has 0 aliphatic rings. The van der Waals surface area contributed by atoms with Crippen LogP contribution in [-0.2, 0) is 6.54 Å². The maximum Gasteiger partial charge on any atom is 0.191 e. The topological polar surface area (TPSA) is 54.8 Å². The van der Waals surface area contributed by atoms with Gasteiger partial charge in [-0.15, -0.1) is 0 Å². The molecule has 4 heteroatoms. The fourth-order valence-electron chi connectivity index (χ4n) is 1.21. The lowest BCUT2D eigenvalue weighted by Gasteiger charge is -2.20. The average molecular weight is 195 g/mol. The Bertz CT molecular complexity index is 280. The molecule has 0 radical (unpaired) electrons. The maximum absolute atomic E-state index is 5.79. The van der Waals surface area contributed by atoms with Crippen LogP contribution < -0.4 is 5.73 Å². The van der Waals surface area contributed by atoms with Gasteiger partial charge in [-0.3, -0.25) is 4.99 Å². The number of furan rings is 1. The van der Waals surface area contributed by atoms with E-state index < -0.39 is 0 Å². The lowest BCUT2D eigenvalue weighted by Crippen LogP contribution is -2.36. The van der Waals surface area contributed by atoms with Gasteiger partial charge in [0.25, 0.3) is 0 Å². The van der Waals surface area contributed by atoms with Gasteiger partial charge < -0.3 is 15.1 Å². The van der Waals surface area contributed by atoms with Crippen molar-refractivity contribution in [1.29, 1.82) is 0 Å². The second-order valence-corrected chi connectivity index (χ2v) is 2.93. The zero-order chi connectivity index (χ0) is 10.4. The van der Waals surface area contributed by atoms with Crippen LogP contribution in [0.2, 0.25) is 0 Å². The number of nitrogens with zero attached hydrogens (tertiary/aromatic N) is 2. The van der Waals surface area contributed by atoms with Crippen molar-refractivity contribution in [1.82, 2.24) is 4.90 Å². The highest BCUT2D eigenvalue weighted by Crippen LogP contribution is 2.04. The van der Waals surface area contributed by atoms with Gasteiger partial charge in [0, 0.05) is 13.1 Å². The highest BCUT2D eigenvalue weighted by molar-refractivity contribution is 5.77. The van der Waals surface area contributed by atoms with Gasteiger partial charge in [-0.25, -0.2) is 0 Å². The third-order valence-electron chi connectivity index (χ3n) is 1.95. The second-order valence-electron chi connectivity index (χ2n) is 2.93. The molecular formula is C10H17N3O. The Morgan fingerprint density at radius 3 is 2.86 bits per heavy atom. The highest BCUT2D eigenvalue weighted by atomic mass is 16.3. The summed E-state index contributed by atoms with van der Waals surface area (Å²) in [5, 5.41) is 0. The molecule has 0 bridgehead atoms. The van der Waals surface area contributed by atoms with E-state index in [-0.39, 0.29) is 0 Å². The molecule has 0 aromatic carbocycles. The largest absolute Gasteiger partial charge is 0.467 e. The van der Waals surface area contributed by atoms with Gasteiger partial charge in [-0.1, -0.05) is 0 Å². The van der Waals surface area contributed by atoms with Crippen molar-refractivity contribution in [3.05, 3.63) is 24.2 Å². The summed E-state index contributed by atoms with van der Waals surface area (Å²) in [6.45, 7) is 6.23. The van der Waals surface area contributed by atoms with Crippen molar-refractivity contribution < 1.29 is 4.42 Å². The highest BCUT2D eigenvalue weighted by Gasteiger charge is 2.07. The molecule has 0 atom stereocenters. The minimum atomic E-state index is 0.575. The summed E-state index contributed by atoms with van der Waals surface area (Å²) in [5.74, 6) is 1.48. The Hall–Kier alpha value is -1.45. The molecule has 4 nitrogen and oxygen atoms in total. The average Bonchev–Trinajstić information content (AvgIpc) is 2.66. The van der Waals surface area contributed by atoms with E-state index in [0.717, 1.165) is 12.3 Å². The maximum atomic E-state index is 5.79. The van der Waals surface area contributed by atoms with Crippen LogP contribution >= 0.6 is 0 Å². The lowest BCUT2D eigenvalue weighted by atomic mass is 10.4. The molecule has 0 unspecified atom stereocenters. The normalized spacial score (nSPS) is 11.7. The van der Waals surface area contributed by atoms with Gasteiger partial charge in [0.05, 0.1) is 12.8 Å². The van der Waals surface area contributed by atoms with Crippen LogP contribution in [0.1, 0.15) is 19.6 Å². The van der Waals surface area contributed by atoms with E-state index in [2.05, 4.69) is 4.99 Å². The molecule has 78 valence electrons. The molecule has 0 saturated carbocycles. The third-order valence-corrected chi connectivity index (χ3v) is 1.95. The monoisotopic (exact) mass is 195 g/mol. The van der Waals surface area contributed by atoms with Crippen molar-refractivity contribution >= 4 is 5.96 Å². The molecule has 0 aliphatic carbocycles. The van der Waals surface area contributed by atoms with Crippen molar-refractivity contribution in [2.45, 2.75) is 20.4 Å². The fraction of sp³-hybridized carbons (Fsp3) is 0.500. The Morgan fingerprint density at radius 2 is 2.36 bits per heavy atom. The molecule has 2 N–H and O–H groups in total. The minimum Gasteiger partial charge on any atom is -0.467 e. The van der Waals surface area contributed by atoms with E-state index in [1.165, 1.54) is 0 Å². The summed E-state index contributed by atoms with van der Waals surface area (Å²) < 4.78 is 5.24. The van der Waals surface area contributed by atoms with Crippen molar-refractivity contribution in [3.8, 4) is 0 Å². The Morgan fingerprint density at radius 1 is 1.57 bits per heavy atom. The second kappa shape index (κ2) is 5.32. The number of nitrogens with two attached hydrogens (primary N) is 1. The predicted molar refractivity (Wildman–Crippen MR) is 57.0 cm³/mol. The van der Waals surface area contributed by atoms with E-state index in [1.807, 2.05) is 30.9 Å². The molecule has 0 amide bonds. The van der Waals surface area contributed by atoms with Crippen LogP contribution in [0.5, 0.6) is 0 Å². The van der Waals surface area contributed by atoms with Crippen LogP contribution in [0.15, 0.2) is 27.8 Å². The quantitative estimate of drug-likeness (QED) is 0.584. The molecule has 1 heterocycles. The van der Waals surface area contributed by atoms with E-state index in [9.17, 15) is 0 Å². The molecule has 0 fully saturated rings. The van der Waals surface area contributed by atoms with Crippen LogP contribution in [0, 0.1) is 0 Å². The Balaban J connectivity index is 2.59. The number of aliphatic imine (C=N–C) groups is 1. The third kappa shape index (κ3) is 2.80. The summed E-state index contributed by atoms with van der Waals surface area (Å²) in [7, 11) is 0. The molecule has 0 aliphatic heterocycles. The standard InChI is InChI=1S/C10H17N3O/c1-3-12-10(11)13(4-2)8-9-6-5-7-14-9/h5-7H,3-4,8H2,1-2H3,(H2,11,12). The first kappa shape index (κ1) is 10.6.